The van der Waals surface area contributed by atoms with Gasteiger partial charge in [-0.25, -0.2) is 0 Å². The van der Waals surface area contributed by atoms with Crippen LogP contribution in [0.3, 0.4) is 0 Å². The Labute approximate surface area is 86.4 Å². The standard InChI is InChI=1S/C11H21NO2/c1-9-6-11(8-13)7-10(2)12(9)4-5-14-3/h8-11H,4-7H2,1-3H3/t9-,10-/m1/s1. The van der Waals surface area contributed by atoms with Crippen LogP contribution in [0.4, 0.5) is 0 Å². The van der Waals surface area contributed by atoms with Crippen LogP contribution >= 0.6 is 0 Å². The van der Waals surface area contributed by atoms with Crippen LogP contribution < -0.4 is 0 Å². The van der Waals surface area contributed by atoms with Crippen LogP contribution in [0.1, 0.15) is 26.7 Å². The molecule has 1 saturated heterocycles. The number of carbonyl (C=O) groups excluding carboxylic acids is 1. The lowest BCUT2D eigenvalue weighted by Crippen LogP contribution is -2.48. The Bertz CT molecular complexity index is 172. The molecular formula is C11H21NO2. The second-order valence-electron chi connectivity index (χ2n) is 4.30. The molecule has 0 aromatic rings. The van der Waals surface area contributed by atoms with Crippen LogP contribution in [-0.2, 0) is 9.53 Å². The maximum atomic E-state index is 10.7. The van der Waals surface area contributed by atoms with Crippen molar-refractivity contribution in [3.05, 3.63) is 0 Å². The molecule has 1 rings (SSSR count). The average molecular weight is 199 g/mol. The third kappa shape index (κ3) is 2.79. The highest BCUT2D eigenvalue weighted by molar-refractivity contribution is 5.53. The molecule has 0 spiro atoms. The van der Waals surface area contributed by atoms with Crippen molar-refractivity contribution >= 4 is 6.29 Å². The van der Waals surface area contributed by atoms with E-state index in [1.54, 1.807) is 7.11 Å². The van der Waals surface area contributed by atoms with Crippen molar-refractivity contribution in [1.82, 2.24) is 4.90 Å². The fourth-order valence-electron chi connectivity index (χ4n) is 2.43. The Kier molecular flexibility index (Phi) is 4.55. The highest BCUT2D eigenvalue weighted by atomic mass is 16.5. The number of aldehydes is 1. The molecule has 0 aromatic carbocycles. The molecule has 0 amide bonds. The second-order valence-corrected chi connectivity index (χ2v) is 4.30. The molecule has 0 radical (unpaired) electrons. The predicted molar refractivity (Wildman–Crippen MR) is 56.3 cm³/mol. The Morgan fingerprint density at radius 3 is 2.36 bits per heavy atom. The summed E-state index contributed by atoms with van der Waals surface area (Å²) in [5.41, 5.74) is 0. The van der Waals surface area contributed by atoms with Gasteiger partial charge in [0, 0.05) is 31.7 Å². The number of likely N-dealkylation sites (tertiary alicyclic amines) is 1. The zero-order valence-electron chi connectivity index (χ0n) is 9.40. The van der Waals surface area contributed by atoms with Gasteiger partial charge in [0.05, 0.1) is 6.61 Å². The van der Waals surface area contributed by atoms with Crippen molar-refractivity contribution in [3.63, 3.8) is 0 Å². The summed E-state index contributed by atoms with van der Waals surface area (Å²) in [5.74, 6) is 0.263. The van der Waals surface area contributed by atoms with Crippen LogP contribution in [0.2, 0.25) is 0 Å². The van der Waals surface area contributed by atoms with Gasteiger partial charge in [-0.2, -0.15) is 0 Å². The average Bonchev–Trinajstić information content (AvgIpc) is 2.16. The molecule has 0 unspecified atom stereocenters. The van der Waals surface area contributed by atoms with Crippen molar-refractivity contribution < 1.29 is 9.53 Å². The molecule has 1 heterocycles. The van der Waals surface area contributed by atoms with Crippen LogP contribution in [0.25, 0.3) is 0 Å². The molecule has 1 aliphatic rings. The summed E-state index contributed by atoms with van der Waals surface area (Å²) in [6.07, 6.45) is 3.11. The largest absolute Gasteiger partial charge is 0.383 e. The maximum Gasteiger partial charge on any atom is 0.123 e. The van der Waals surface area contributed by atoms with E-state index in [0.717, 1.165) is 32.3 Å². The van der Waals surface area contributed by atoms with Crippen LogP contribution in [0.5, 0.6) is 0 Å². The quantitative estimate of drug-likeness (QED) is 0.640. The molecule has 1 aliphatic heterocycles. The minimum Gasteiger partial charge on any atom is -0.383 e. The topological polar surface area (TPSA) is 29.5 Å². The summed E-state index contributed by atoms with van der Waals surface area (Å²) in [4.78, 5) is 13.2. The Morgan fingerprint density at radius 1 is 1.36 bits per heavy atom. The van der Waals surface area contributed by atoms with Gasteiger partial charge in [0.1, 0.15) is 6.29 Å². The number of carbonyl (C=O) groups is 1. The van der Waals surface area contributed by atoms with Crippen molar-refractivity contribution in [2.45, 2.75) is 38.8 Å². The number of rotatable bonds is 4. The Hall–Kier alpha value is -0.410. The van der Waals surface area contributed by atoms with Gasteiger partial charge >= 0.3 is 0 Å². The van der Waals surface area contributed by atoms with Gasteiger partial charge in [0.25, 0.3) is 0 Å². The molecule has 2 atom stereocenters. The number of ether oxygens (including phenoxy) is 1. The molecule has 0 aromatic heterocycles. The first-order chi connectivity index (χ1) is 6.69. The number of nitrogens with zero attached hydrogens (tertiary/aromatic N) is 1. The van der Waals surface area contributed by atoms with Gasteiger partial charge in [-0.1, -0.05) is 0 Å². The van der Waals surface area contributed by atoms with E-state index in [-0.39, 0.29) is 5.92 Å². The van der Waals surface area contributed by atoms with Crippen LogP contribution in [0, 0.1) is 5.92 Å². The monoisotopic (exact) mass is 199 g/mol. The van der Waals surface area contributed by atoms with Crippen LogP contribution in [0.15, 0.2) is 0 Å². The number of methoxy groups -OCH3 is 1. The summed E-state index contributed by atoms with van der Waals surface area (Å²) in [6, 6.07) is 1.01. The first-order valence-electron chi connectivity index (χ1n) is 5.39. The highest BCUT2D eigenvalue weighted by Crippen LogP contribution is 2.25. The Balaban J connectivity index is 2.47. The summed E-state index contributed by atoms with van der Waals surface area (Å²) in [6.45, 7) is 6.15. The zero-order chi connectivity index (χ0) is 10.6. The summed E-state index contributed by atoms with van der Waals surface area (Å²) < 4.78 is 5.08. The predicted octanol–water partition coefficient (Wildman–Crippen LogP) is 1.32. The minimum atomic E-state index is 0.263. The second kappa shape index (κ2) is 5.47. The SMILES string of the molecule is COCCN1[C@H](C)CC(C=O)C[C@H]1C. The lowest BCUT2D eigenvalue weighted by atomic mass is 9.88. The molecule has 0 bridgehead atoms. The smallest absolute Gasteiger partial charge is 0.123 e. The molecule has 0 saturated carbocycles. The first-order valence-corrected chi connectivity index (χ1v) is 5.39. The molecule has 1 fully saturated rings. The number of piperidine rings is 1. The van der Waals surface area contributed by atoms with E-state index >= 15 is 0 Å². The van der Waals surface area contributed by atoms with Gasteiger partial charge in [0.15, 0.2) is 0 Å². The molecule has 3 heteroatoms. The van der Waals surface area contributed by atoms with Gasteiger partial charge in [-0.05, 0) is 26.7 Å². The fraction of sp³-hybridized carbons (Fsp3) is 0.909. The van der Waals surface area contributed by atoms with Gasteiger partial charge in [-0.15, -0.1) is 0 Å². The van der Waals surface area contributed by atoms with Gasteiger partial charge in [0.2, 0.25) is 0 Å². The fourth-order valence-corrected chi connectivity index (χ4v) is 2.43. The summed E-state index contributed by atoms with van der Waals surface area (Å²) >= 11 is 0. The molecule has 0 aliphatic carbocycles. The molecule has 82 valence electrons. The Morgan fingerprint density at radius 2 is 1.93 bits per heavy atom. The van der Waals surface area contributed by atoms with Crippen LogP contribution in [-0.4, -0.2) is 43.5 Å². The lowest BCUT2D eigenvalue weighted by Gasteiger charge is -2.41. The third-order valence-electron chi connectivity index (χ3n) is 3.17. The minimum absolute atomic E-state index is 0.263. The lowest BCUT2D eigenvalue weighted by molar-refractivity contribution is -0.113. The van der Waals surface area contributed by atoms with Gasteiger partial charge < -0.3 is 9.53 Å². The van der Waals surface area contributed by atoms with Crippen molar-refractivity contribution in [2.75, 3.05) is 20.3 Å². The van der Waals surface area contributed by atoms with E-state index < -0.39 is 0 Å². The maximum absolute atomic E-state index is 10.7. The first kappa shape index (κ1) is 11.7. The molecular weight excluding hydrogens is 178 g/mol. The molecule has 3 nitrogen and oxygen atoms in total. The number of hydrogen-bond donors (Lipinski definition) is 0. The van der Waals surface area contributed by atoms with Crippen molar-refractivity contribution in [3.8, 4) is 0 Å². The van der Waals surface area contributed by atoms with Crippen molar-refractivity contribution in [2.24, 2.45) is 5.92 Å². The van der Waals surface area contributed by atoms with Gasteiger partial charge in [-0.3, -0.25) is 4.90 Å². The van der Waals surface area contributed by atoms with E-state index in [0.29, 0.717) is 12.1 Å². The van der Waals surface area contributed by atoms with E-state index in [1.807, 2.05) is 0 Å². The summed E-state index contributed by atoms with van der Waals surface area (Å²) in [5, 5.41) is 0. The van der Waals surface area contributed by atoms with E-state index in [9.17, 15) is 4.79 Å². The van der Waals surface area contributed by atoms with E-state index in [4.69, 9.17) is 4.74 Å². The summed E-state index contributed by atoms with van der Waals surface area (Å²) in [7, 11) is 1.73. The molecule has 0 N–H and O–H groups in total. The normalized spacial score (nSPS) is 34.4. The molecule has 14 heavy (non-hydrogen) atoms. The highest BCUT2D eigenvalue weighted by Gasteiger charge is 2.29. The number of hydrogen-bond acceptors (Lipinski definition) is 3. The zero-order valence-corrected chi connectivity index (χ0v) is 9.40. The third-order valence-corrected chi connectivity index (χ3v) is 3.17. The van der Waals surface area contributed by atoms with E-state index in [1.165, 1.54) is 0 Å². The van der Waals surface area contributed by atoms with E-state index in [2.05, 4.69) is 18.7 Å². The van der Waals surface area contributed by atoms with Crippen molar-refractivity contribution in [1.29, 1.82) is 0 Å².